The molecule has 0 spiro atoms. The monoisotopic (exact) mass is 123 g/mol. The summed E-state index contributed by atoms with van der Waals surface area (Å²) in [5, 5.41) is 10.7. The van der Waals surface area contributed by atoms with Crippen molar-refractivity contribution in [2.45, 2.75) is 6.92 Å². The minimum Gasteiger partial charge on any atom is -0.221 e. The molecule has 0 unspecified atom stereocenters. The minimum atomic E-state index is 0.759. The van der Waals surface area contributed by atoms with Crippen LogP contribution in [0.15, 0.2) is 12.7 Å². The molecule has 0 aliphatic rings. The molecule has 1 radical (unpaired) electrons. The molecule has 1 rings (SSSR count). The SMILES string of the molecule is C=C[CH]n1nnnc1C. The lowest BCUT2D eigenvalue weighted by Crippen LogP contribution is -1.96. The first kappa shape index (κ1) is 5.94. The molecule has 0 aromatic carbocycles. The van der Waals surface area contributed by atoms with Crippen LogP contribution < -0.4 is 0 Å². The zero-order valence-electron chi connectivity index (χ0n) is 5.15. The van der Waals surface area contributed by atoms with E-state index in [9.17, 15) is 0 Å². The molecule has 1 aromatic rings. The zero-order valence-corrected chi connectivity index (χ0v) is 5.15. The van der Waals surface area contributed by atoms with Gasteiger partial charge in [-0.2, -0.15) is 0 Å². The second-order valence-electron chi connectivity index (χ2n) is 1.56. The van der Waals surface area contributed by atoms with E-state index in [-0.39, 0.29) is 0 Å². The van der Waals surface area contributed by atoms with Crippen molar-refractivity contribution in [3.05, 3.63) is 25.0 Å². The van der Waals surface area contributed by atoms with Gasteiger partial charge in [0.2, 0.25) is 0 Å². The van der Waals surface area contributed by atoms with E-state index in [1.165, 1.54) is 0 Å². The van der Waals surface area contributed by atoms with Crippen LogP contribution >= 0.6 is 0 Å². The summed E-state index contributed by atoms with van der Waals surface area (Å²) in [5.41, 5.74) is 0. The highest BCUT2D eigenvalue weighted by atomic mass is 15.5. The maximum atomic E-state index is 3.66. The van der Waals surface area contributed by atoms with E-state index in [4.69, 9.17) is 0 Å². The van der Waals surface area contributed by atoms with Gasteiger partial charge in [-0.15, -0.1) is 11.7 Å². The van der Waals surface area contributed by atoms with Crippen molar-refractivity contribution in [3.63, 3.8) is 0 Å². The van der Waals surface area contributed by atoms with Crippen LogP contribution in [-0.4, -0.2) is 20.2 Å². The Balaban J connectivity index is 2.80. The molecule has 0 atom stereocenters. The third-order valence-electron chi connectivity index (χ3n) is 0.904. The summed E-state index contributed by atoms with van der Waals surface area (Å²) in [6.45, 7) is 7.01. The van der Waals surface area contributed by atoms with Crippen LogP contribution in [-0.2, 0) is 0 Å². The Hall–Kier alpha value is -1.19. The lowest BCUT2D eigenvalue weighted by atomic mass is 10.6. The summed E-state index contributed by atoms with van der Waals surface area (Å²) >= 11 is 0. The molecular weight excluding hydrogens is 116 g/mol. The van der Waals surface area contributed by atoms with Crippen molar-refractivity contribution in [1.29, 1.82) is 0 Å². The van der Waals surface area contributed by atoms with Crippen LogP contribution in [0.3, 0.4) is 0 Å². The Morgan fingerprint density at radius 3 is 2.89 bits per heavy atom. The first-order valence-corrected chi connectivity index (χ1v) is 2.55. The van der Waals surface area contributed by atoms with Crippen molar-refractivity contribution in [2.24, 2.45) is 0 Å². The van der Waals surface area contributed by atoms with E-state index in [1.807, 2.05) is 6.92 Å². The quantitative estimate of drug-likeness (QED) is 0.563. The van der Waals surface area contributed by atoms with Crippen LogP contribution in [0.2, 0.25) is 0 Å². The number of hydrogen-bond acceptors (Lipinski definition) is 3. The van der Waals surface area contributed by atoms with Crippen molar-refractivity contribution in [1.82, 2.24) is 20.2 Å². The number of nitrogens with zero attached hydrogens (tertiary/aromatic N) is 4. The molecule has 0 N–H and O–H groups in total. The molecule has 0 bridgehead atoms. The summed E-state index contributed by atoms with van der Waals surface area (Å²) < 4.78 is 1.55. The van der Waals surface area contributed by atoms with Crippen LogP contribution in [0, 0.1) is 13.5 Å². The normalized spacial score (nSPS) is 9.44. The topological polar surface area (TPSA) is 43.6 Å². The second-order valence-corrected chi connectivity index (χ2v) is 1.56. The third kappa shape index (κ3) is 1.13. The van der Waals surface area contributed by atoms with Gasteiger partial charge in [0.05, 0.1) is 6.54 Å². The second kappa shape index (κ2) is 2.39. The summed E-state index contributed by atoms with van der Waals surface area (Å²) in [6.07, 6.45) is 1.63. The van der Waals surface area contributed by atoms with E-state index >= 15 is 0 Å². The highest BCUT2D eigenvalue weighted by Crippen LogP contribution is 1.88. The average Bonchev–Trinajstić information content (AvgIpc) is 2.18. The van der Waals surface area contributed by atoms with Gasteiger partial charge in [0.1, 0.15) is 5.82 Å². The number of tetrazole rings is 1. The first-order chi connectivity index (χ1) is 4.34. The molecule has 0 saturated heterocycles. The van der Waals surface area contributed by atoms with Gasteiger partial charge >= 0.3 is 0 Å². The van der Waals surface area contributed by atoms with Gasteiger partial charge in [-0.3, -0.25) is 0 Å². The molecule has 4 nitrogen and oxygen atoms in total. The van der Waals surface area contributed by atoms with E-state index in [2.05, 4.69) is 22.1 Å². The predicted molar refractivity (Wildman–Crippen MR) is 32.4 cm³/mol. The van der Waals surface area contributed by atoms with Gasteiger partial charge in [-0.05, 0) is 17.4 Å². The van der Waals surface area contributed by atoms with Gasteiger partial charge in [-0.1, -0.05) is 6.08 Å². The van der Waals surface area contributed by atoms with Crippen LogP contribution in [0.4, 0.5) is 0 Å². The van der Waals surface area contributed by atoms with Gasteiger partial charge < -0.3 is 0 Å². The Morgan fingerprint density at radius 1 is 1.67 bits per heavy atom. The summed E-state index contributed by atoms with van der Waals surface area (Å²) in [5.74, 6) is 0.759. The molecular formula is C5H7N4. The summed E-state index contributed by atoms with van der Waals surface area (Å²) in [7, 11) is 0. The van der Waals surface area contributed by atoms with Crippen molar-refractivity contribution < 1.29 is 0 Å². The van der Waals surface area contributed by atoms with Gasteiger partial charge in [0, 0.05) is 0 Å². The molecule has 0 aliphatic heterocycles. The molecule has 0 amide bonds. The van der Waals surface area contributed by atoms with Gasteiger partial charge in [0.25, 0.3) is 0 Å². The Morgan fingerprint density at radius 2 is 2.44 bits per heavy atom. The number of allylic oxidation sites excluding steroid dienone is 1. The molecule has 1 heterocycles. The molecule has 47 valence electrons. The Labute approximate surface area is 53.2 Å². The smallest absolute Gasteiger partial charge is 0.149 e. The van der Waals surface area contributed by atoms with Crippen molar-refractivity contribution in [3.8, 4) is 0 Å². The average molecular weight is 123 g/mol. The Kier molecular flexibility index (Phi) is 1.58. The number of aryl methyl sites for hydroxylation is 1. The molecule has 1 aromatic heterocycles. The third-order valence-corrected chi connectivity index (χ3v) is 0.904. The summed E-state index contributed by atoms with van der Waals surface area (Å²) in [6, 6.07) is 0. The molecule has 0 fully saturated rings. The van der Waals surface area contributed by atoms with Gasteiger partial charge in [0.15, 0.2) is 0 Å². The van der Waals surface area contributed by atoms with E-state index < -0.39 is 0 Å². The predicted octanol–water partition coefficient (Wildman–Crippen LogP) is 0.177. The zero-order chi connectivity index (χ0) is 6.69. The van der Waals surface area contributed by atoms with Crippen LogP contribution in [0.5, 0.6) is 0 Å². The van der Waals surface area contributed by atoms with Crippen molar-refractivity contribution >= 4 is 0 Å². The largest absolute Gasteiger partial charge is 0.221 e. The van der Waals surface area contributed by atoms with E-state index in [0.717, 1.165) is 5.82 Å². The van der Waals surface area contributed by atoms with Crippen molar-refractivity contribution in [2.75, 3.05) is 0 Å². The van der Waals surface area contributed by atoms with E-state index in [1.54, 1.807) is 17.3 Å². The molecule has 4 heteroatoms. The number of rotatable bonds is 2. The van der Waals surface area contributed by atoms with E-state index in [0.29, 0.717) is 0 Å². The Bertz CT molecular complexity index is 202. The molecule has 0 saturated carbocycles. The fourth-order valence-corrected chi connectivity index (χ4v) is 0.476. The summed E-state index contributed by atoms with van der Waals surface area (Å²) in [4.78, 5) is 0. The maximum absolute atomic E-state index is 3.66. The number of aromatic nitrogens is 4. The minimum absolute atomic E-state index is 0.759. The fraction of sp³-hybridized carbons (Fsp3) is 0.200. The molecule has 9 heavy (non-hydrogen) atoms. The fourth-order valence-electron chi connectivity index (χ4n) is 0.476. The highest BCUT2D eigenvalue weighted by Gasteiger charge is 1.94. The van der Waals surface area contributed by atoms with Crippen LogP contribution in [0.1, 0.15) is 5.82 Å². The maximum Gasteiger partial charge on any atom is 0.149 e. The lowest BCUT2D eigenvalue weighted by Gasteiger charge is -1.90. The van der Waals surface area contributed by atoms with Crippen LogP contribution in [0.25, 0.3) is 0 Å². The highest BCUT2D eigenvalue weighted by molar-refractivity contribution is 4.91. The van der Waals surface area contributed by atoms with Gasteiger partial charge in [-0.25, -0.2) is 4.68 Å². The molecule has 0 aliphatic carbocycles. The number of hydrogen-bond donors (Lipinski definition) is 0. The lowest BCUT2D eigenvalue weighted by molar-refractivity contribution is 0.746. The standard InChI is InChI=1S/C5H7N4/c1-3-4-9-5(2)6-7-8-9/h3-4H,1H2,2H3. The first-order valence-electron chi connectivity index (χ1n) is 2.55.